The second kappa shape index (κ2) is 9.01. The predicted octanol–water partition coefficient (Wildman–Crippen LogP) is 5.61. The Balaban J connectivity index is 1.31. The third kappa shape index (κ3) is 4.23. The Labute approximate surface area is 203 Å². The average molecular weight is 476 g/mol. The number of hydrogen-bond acceptors (Lipinski definition) is 6. The molecule has 0 spiro atoms. The summed E-state index contributed by atoms with van der Waals surface area (Å²) in [4.78, 5) is 22.0. The summed E-state index contributed by atoms with van der Waals surface area (Å²) in [6, 6.07) is 12.2. The van der Waals surface area contributed by atoms with E-state index >= 15 is 0 Å². The van der Waals surface area contributed by atoms with Gasteiger partial charge in [-0.1, -0.05) is 23.7 Å². The third-order valence-electron chi connectivity index (χ3n) is 6.73. The number of halogens is 1. The first-order chi connectivity index (χ1) is 16.2. The Morgan fingerprint density at radius 1 is 0.879 bits per heavy atom. The largest absolute Gasteiger partial charge is 0.353 e. The maximum atomic E-state index is 6.05. The van der Waals surface area contributed by atoms with Crippen LogP contribution in [-0.4, -0.2) is 46.0 Å². The molecule has 0 saturated carbocycles. The third-order valence-corrected chi connectivity index (χ3v) is 8.16. The number of pyridine rings is 1. The summed E-state index contributed by atoms with van der Waals surface area (Å²) in [5, 5.41) is 2.10. The van der Waals surface area contributed by atoms with Gasteiger partial charge in [0.25, 0.3) is 0 Å². The van der Waals surface area contributed by atoms with E-state index in [1.807, 2.05) is 48.0 Å². The van der Waals surface area contributed by atoms with Gasteiger partial charge in [0.15, 0.2) is 5.82 Å². The standard InChI is InChI=1S/C26H26ClN5S/c27-20-7-5-18(6-8-20)17-31-13-15-32(16-14-31)25-23-21-3-1-2-4-22(21)33-26(23)30-24(29-25)19-9-11-28-12-10-19/h5-12H,1-4,13-17H2. The highest BCUT2D eigenvalue weighted by Crippen LogP contribution is 2.41. The number of rotatable bonds is 4. The van der Waals surface area contributed by atoms with Crippen LogP contribution in [0.2, 0.25) is 5.02 Å². The van der Waals surface area contributed by atoms with Crippen LogP contribution >= 0.6 is 22.9 Å². The molecule has 1 aromatic carbocycles. The number of benzene rings is 1. The van der Waals surface area contributed by atoms with Crippen molar-refractivity contribution in [2.45, 2.75) is 32.2 Å². The lowest BCUT2D eigenvalue weighted by Crippen LogP contribution is -2.46. The molecule has 5 nitrogen and oxygen atoms in total. The Hall–Kier alpha value is -2.54. The van der Waals surface area contributed by atoms with Crippen LogP contribution in [0.15, 0.2) is 48.8 Å². The zero-order valence-corrected chi connectivity index (χ0v) is 20.1. The van der Waals surface area contributed by atoms with Crippen molar-refractivity contribution in [3.05, 3.63) is 69.8 Å². The molecule has 0 amide bonds. The summed E-state index contributed by atoms with van der Waals surface area (Å²) in [6.07, 6.45) is 8.50. The molecule has 33 heavy (non-hydrogen) atoms. The molecule has 3 aromatic heterocycles. The molecule has 1 saturated heterocycles. The van der Waals surface area contributed by atoms with Crippen molar-refractivity contribution in [1.82, 2.24) is 19.9 Å². The molecule has 1 aliphatic heterocycles. The van der Waals surface area contributed by atoms with Crippen molar-refractivity contribution in [3.8, 4) is 11.4 Å². The Kier molecular flexibility index (Phi) is 5.74. The number of thiophene rings is 1. The molecule has 1 aliphatic carbocycles. The molecule has 0 atom stereocenters. The smallest absolute Gasteiger partial charge is 0.163 e. The van der Waals surface area contributed by atoms with Crippen LogP contribution in [0.1, 0.15) is 28.8 Å². The molecule has 168 valence electrons. The molecule has 2 aliphatic rings. The van der Waals surface area contributed by atoms with Crippen LogP contribution < -0.4 is 4.90 Å². The van der Waals surface area contributed by atoms with E-state index in [-0.39, 0.29) is 0 Å². The van der Waals surface area contributed by atoms with E-state index in [9.17, 15) is 0 Å². The highest BCUT2D eigenvalue weighted by Gasteiger charge is 2.26. The van der Waals surface area contributed by atoms with Gasteiger partial charge >= 0.3 is 0 Å². The lowest BCUT2D eigenvalue weighted by atomic mass is 9.96. The fourth-order valence-electron chi connectivity index (χ4n) is 4.96. The Morgan fingerprint density at radius 2 is 1.64 bits per heavy atom. The first kappa shape index (κ1) is 21.0. The Morgan fingerprint density at radius 3 is 2.42 bits per heavy atom. The normalized spacial score (nSPS) is 16.8. The number of hydrogen-bond donors (Lipinski definition) is 0. The maximum absolute atomic E-state index is 6.05. The fourth-order valence-corrected chi connectivity index (χ4v) is 6.34. The molecule has 6 rings (SSSR count). The lowest BCUT2D eigenvalue weighted by Gasteiger charge is -2.36. The first-order valence-corrected chi connectivity index (χ1v) is 12.9. The predicted molar refractivity (Wildman–Crippen MR) is 136 cm³/mol. The minimum absolute atomic E-state index is 0.792. The topological polar surface area (TPSA) is 45.2 Å². The van der Waals surface area contributed by atoms with Gasteiger partial charge in [0.2, 0.25) is 0 Å². The SMILES string of the molecule is Clc1ccc(CN2CCN(c3nc(-c4ccncc4)nc4sc5c(c34)CCCC5)CC2)cc1. The van der Waals surface area contributed by atoms with E-state index in [1.165, 1.54) is 40.7 Å². The summed E-state index contributed by atoms with van der Waals surface area (Å²) < 4.78 is 0. The van der Waals surface area contributed by atoms with Crippen LogP contribution in [0.25, 0.3) is 21.6 Å². The van der Waals surface area contributed by atoms with Gasteiger partial charge in [-0.25, -0.2) is 9.97 Å². The molecule has 1 fully saturated rings. The second-order valence-electron chi connectivity index (χ2n) is 8.89. The van der Waals surface area contributed by atoms with Gasteiger partial charge in [-0.2, -0.15) is 0 Å². The summed E-state index contributed by atoms with van der Waals surface area (Å²) in [6.45, 7) is 4.94. The number of piperazine rings is 1. The van der Waals surface area contributed by atoms with Crippen LogP contribution in [0.4, 0.5) is 5.82 Å². The molecule has 0 unspecified atom stereocenters. The second-order valence-corrected chi connectivity index (χ2v) is 10.4. The van der Waals surface area contributed by atoms with E-state index in [0.717, 1.165) is 66.2 Å². The van der Waals surface area contributed by atoms with Crippen LogP contribution in [-0.2, 0) is 19.4 Å². The summed E-state index contributed by atoms with van der Waals surface area (Å²) >= 11 is 7.93. The summed E-state index contributed by atoms with van der Waals surface area (Å²) in [5.74, 6) is 1.93. The van der Waals surface area contributed by atoms with Crippen LogP contribution in [0.5, 0.6) is 0 Å². The van der Waals surface area contributed by atoms with Crippen molar-refractivity contribution in [2.75, 3.05) is 31.1 Å². The van der Waals surface area contributed by atoms with Gasteiger partial charge in [0.1, 0.15) is 10.6 Å². The summed E-state index contributed by atoms with van der Waals surface area (Å²) in [7, 11) is 0. The Bertz CT molecular complexity index is 1260. The summed E-state index contributed by atoms with van der Waals surface area (Å²) in [5.41, 5.74) is 3.84. The van der Waals surface area contributed by atoms with Crippen molar-refractivity contribution in [1.29, 1.82) is 0 Å². The van der Waals surface area contributed by atoms with E-state index in [1.54, 1.807) is 0 Å². The van der Waals surface area contributed by atoms with E-state index in [2.05, 4.69) is 26.9 Å². The van der Waals surface area contributed by atoms with E-state index in [4.69, 9.17) is 21.6 Å². The molecule has 0 bridgehead atoms. The zero-order valence-electron chi connectivity index (χ0n) is 18.5. The van der Waals surface area contributed by atoms with Gasteiger partial charge in [-0.05, 0) is 61.1 Å². The first-order valence-electron chi connectivity index (χ1n) is 11.7. The van der Waals surface area contributed by atoms with Crippen molar-refractivity contribution >= 4 is 39.0 Å². The van der Waals surface area contributed by atoms with Gasteiger partial charge in [-0.15, -0.1) is 11.3 Å². The molecular formula is C26H26ClN5S. The van der Waals surface area contributed by atoms with Crippen LogP contribution in [0.3, 0.4) is 0 Å². The van der Waals surface area contributed by atoms with Crippen molar-refractivity contribution in [3.63, 3.8) is 0 Å². The highest BCUT2D eigenvalue weighted by molar-refractivity contribution is 7.19. The zero-order chi connectivity index (χ0) is 22.2. The molecule has 0 radical (unpaired) electrons. The minimum atomic E-state index is 0.792. The van der Waals surface area contributed by atoms with Gasteiger partial charge in [0, 0.05) is 60.6 Å². The molecule has 4 heterocycles. The monoisotopic (exact) mass is 475 g/mol. The van der Waals surface area contributed by atoms with Gasteiger partial charge in [0.05, 0.1) is 5.39 Å². The fraction of sp³-hybridized carbons (Fsp3) is 0.346. The maximum Gasteiger partial charge on any atom is 0.163 e. The molecule has 7 heteroatoms. The van der Waals surface area contributed by atoms with Gasteiger partial charge < -0.3 is 4.90 Å². The van der Waals surface area contributed by atoms with Crippen molar-refractivity contribution < 1.29 is 0 Å². The number of anilines is 1. The lowest BCUT2D eigenvalue weighted by molar-refractivity contribution is 0.249. The quantitative estimate of drug-likeness (QED) is 0.384. The van der Waals surface area contributed by atoms with E-state index in [0.29, 0.717) is 0 Å². The van der Waals surface area contributed by atoms with Crippen molar-refractivity contribution in [2.24, 2.45) is 0 Å². The number of aromatic nitrogens is 3. The molecular weight excluding hydrogens is 450 g/mol. The van der Waals surface area contributed by atoms with Gasteiger partial charge in [-0.3, -0.25) is 9.88 Å². The van der Waals surface area contributed by atoms with E-state index < -0.39 is 0 Å². The minimum Gasteiger partial charge on any atom is -0.353 e. The van der Waals surface area contributed by atoms with Crippen LogP contribution in [0, 0.1) is 0 Å². The number of aryl methyl sites for hydroxylation is 2. The average Bonchev–Trinajstić information content (AvgIpc) is 3.25. The number of nitrogens with zero attached hydrogens (tertiary/aromatic N) is 5. The molecule has 4 aromatic rings. The number of fused-ring (bicyclic) bond motifs is 3. The molecule has 0 N–H and O–H groups in total. The highest BCUT2D eigenvalue weighted by atomic mass is 35.5.